The second-order valence-electron chi connectivity index (χ2n) is 9.26. The van der Waals surface area contributed by atoms with Crippen molar-refractivity contribution in [2.24, 2.45) is 0 Å². The van der Waals surface area contributed by atoms with Crippen molar-refractivity contribution in [3.8, 4) is 11.5 Å². The van der Waals surface area contributed by atoms with E-state index < -0.39 is 24.0 Å². The van der Waals surface area contributed by atoms with Crippen LogP contribution in [-0.2, 0) is 15.1 Å². The van der Waals surface area contributed by atoms with E-state index in [1.54, 1.807) is 25.0 Å². The van der Waals surface area contributed by atoms with Gasteiger partial charge in [0.25, 0.3) is 0 Å². The van der Waals surface area contributed by atoms with Gasteiger partial charge in [0.1, 0.15) is 0 Å². The summed E-state index contributed by atoms with van der Waals surface area (Å²) < 4.78 is 26.3. The van der Waals surface area contributed by atoms with Crippen LogP contribution in [0.5, 0.6) is 11.5 Å². The van der Waals surface area contributed by atoms with Crippen molar-refractivity contribution >= 4 is 15.6 Å². The van der Waals surface area contributed by atoms with Gasteiger partial charge in [-0.15, -0.1) is 0 Å². The molecule has 3 atom stereocenters. The summed E-state index contributed by atoms with van der Waals surface area (Å²) >= 11 is 2.85. The van der Waals surface area contributed by atoms with Gasteiger partial charge in [-0.05, 0) is 0 Å². The fourth-order valence-corrected chi connectivity index (χ4v) is 5.56. The number of aromatic nitrogens is 2. The Morgan fingerprint density at radius 3 is 2.03 bits per heavy atom. The molecular formula is C30H30N2O6Se. The Morgan fingerprint density at radius 2 is 1.49 bits per heavy atom. The number of methoxy groups -OCH3 is 2. The first-order valence-electron chi connectivity index (χ1n) is 12.6. The molecule has 1 fully saturated rings. The Hall–Kier alpha value is -3.46. The number of benzene rings is 3. The fourth-order valence-electron chi connectivity index (χ4n) is 4.97. The summed E-state index contributed by atoms with van der Waals surface area (Å²) in [6.07, 6.45) is 0.161. The molecule has 0 bridgehead atoms. The Bertz CT molecular complexity index is 1450. The molecule has 0 saturated carbocycles. The molecule has 4 aromatic rings. The van der Waals surface area contributed by atoms with Crippen molar-refractivity contribution in [3.05, 3.63) is 122 Å². The molecule has 39 heavy (non-hydrogen) atoms. The number of nitrogens with one attached hydrogen (secondary N) is 1. The van der Waals surface area contributed by atoms with Gasteiger partial charge in [-0.25, -0.2) is 0 Å². The van der Waals surface area contributed by atoms with E-state index in [1.165, 1.54) is 6.07 Å². The number of rotatable bonds is 9. The topological polar surface area (TPSA) is 94.9 Å². The molecule has 202 valence electrons. The minimum atomic E-state index is -1.02. The first-order chi connectivity index (χ1) is 18.9. The van der Waals surface area contributed by atoms with Gasteiger partial charge in [-0.1, -0.05) is 0 Å². The van der Waals surface area contributed by atoms with Crippen LogP contribution in [0.4, 0.5) is 0 Å². The molecular weight excluding hydrogens is 563 g/mol. The number of aliphatic hydroxyl groups excluding tert-OH is 1. The van der Waals surface area contributed by atoms with Crippen molar-refractivity contribution in [2.75, 3.05) is 20.8 Å². The van der Waals surface area contributed by atoms with Crippen LogP contribution in [0, 0.1) is 4.32 Å². The van der Waals surface area contributed by atoms with Crippen molar-refractivity contribution in [3.63, 3.8) is 0 Å². The summed E-state index contributed by atoms with van der Waals surface area (Å²) in [6, 6.07) is 27.0. The average Bonchev–Trinajstić information content (AvgIpc) is 3.34. The van der Waals surface area contributed by atoms with E-state index in [9.17, 15) is 9.90 Å². The Labute approximate surface area is 234 Å². The van der Waals surface area contributed by atoms with Crippen LogP contribution < -0.4 is 15.0 Å². The number of nitrogens with zero attached hydrogens (tertiary/aromatic N) is 1. The first kappa shape index (κ1) is 27.1. The Kier molecular flexibility index (Phi) is 8.16. The predicted octanol–water partition coefficient (Wildman–Crippen LogP) is 3.55. The van der Waals surface area contributed by atoms with Crippen LogP contribution in [0.3, 0.4) is 0 Å². The summed E-state index contributed by atoms with van der Waals surface area (Å²) in [4.78, 5) is 14.4. The summed E-state index contributed by atoms with van der Waals surface area (Å²) in [6.45, 7) is 0.108. The molecule has 2 N–H and O–H groups in total. The number of ether oxygens (including phenoxy) is 4. The van der Waals surface area contributed by atoms with Gasteiger partial charge in [0.05, 0.1) is 14.2 Å². The van der Waals surface area contributed by atoms with Crippen LogP contribution in [0.25, 0.3) is 0 Å². The number of aliphatic hydroxyl groups is 1. The zero-order valence-corrected chi connectivity index (χ0v) is 23.4. The second-order valence-corrected chi connectivity index (χ2v) is 10.1. The SMILES string of the molecule is COc1ccc(C(OC[C@H]2O[C@@H](n3ccc(=O)[nH]c3=[Se])C[C@@H]2O)(c2ccccc2)c2ccc(OC)cc2)cc1. The molecule has 1 aliphatic heterocycles. The molecule has 5 rings (SSSR count). The van der Waals surface area contributed by atoms with Crippen LogP contribution in [0.2, 0.25) is 0 Å². The van der Waals surface area contributed by atoms with E-state index in [2.05, 4.69) is 20.6 Å². The summed E-state index contributed by atoms with van der Waals surface area (Å²) in [7, 11) is 3.27. The molecule has 0 radical (unpaired) electrons. The third-order valence-electron chi connectivity index (χ3n) is 7.00. The van der Waals surface area contributed by atoms with Gasteiger partial charge < -0.3 is 9.47 Å². The fraction of sp³-hybridized carbons (Fsp3) is 0.267. The normalized spacial score (nSPS) is 19.1. The molecule has 0 aliphatic carbocycles. The number of H-pyrrole nitrogens is 1. The van der Waals surface area contributed by atoms with Crippen LogP contribution in [0.15, 0.2) is 95.9 Å². The van der Waals surface area contributed by atoms with E-state index in [4.69, 9.17) is 18.9 Å². The number of hydrogen-bond donors (Lipinski definition) is 2. The maximum atomic E-state index is 11.7. The summed E-state index contributed by atoms with van der Waals surface area (Å²) in [5.74, 6) is 1.47. The zero-order chi connectivity index (χ0) is 27.4. The van der Waals surface area contributed by atoms with Crippen molar-refractivity contribution in [1.29, 1.82) is 0 Å². The van der Waals surface area contributed by atoms with Crippen molar-refractivity contribution in [1.82, 2.24) is 9.55 Å². The molecule has 1 saturated heterocycles. The van der Waals surface area contributed by atoms with Gasteiger partial charge in [-0.3, -0.25) is 0 Å². The third kappa shape index (κ3) is 5.50. The van der Waals surface area contributed by atoms with Gasteiger partial charge in [0.15, 0.2) is 0 Å². The first-order valence-corrected chi connectivity index (χ1v) is 13.4. The molecule has 8 nitrogen and oxygen atoms in total. The number of aromatic amines is 1. The van der Waals surface area contributed by atoms with Gasteiger partial charge in [0.2, 0.25) is 0 Å². The molecule has 2 heterocycles. The molecule has 9 heteroatoms. The number of hydrogen-bond acceptors (Lipinski definition) is 6. The van der Waals surface area contributed by atoms with E-state index >= 15 is 0 Å². The zero-order valence-electron chi connectivity index (χ0n) is 21.7. The van der Waals surface area contributed by atoms with E-state index in [0.717, 1.165) is 28.2 Å². The van der Waals surface area contributed by atoms with Crippen LogP contribution in [-0.4, -0.2) is 63.3 Å². The van der Waals surface area contributed by atoms with Crippen LogP contribution in [0.1, 0.15) is 29.3 Å². The van der Waals surface area contributed by atoms with E-state index in [1.807, 2.05) is 78.9 Å². The van der Waals surface area contributed by atoms with Gasteiger partial charge in [-0.2, -0.15) is 0 Å². The predicted molar refractivity (Wildman–Crippen MR) is 147 cm³/mol. The Morgan fingerprint density at radius 1 is 0.923 bits per heavy atom. The van der Waals surface area contributed by atoms with Crippen molar-refractivity contribution in [2.45, 2.75) is 30.5 Å². The monoisotopic (exact) mass is 594 g/mol. The van der Waals surface area contributed by atoms with Crippen molar-refractivity contribution < 1.29 is 24.1 Å². The second kappa shape index (κ2) is 11.7. The van der Waals surface area contributed by atoms with Gasteiger partial charge in [0, 0.05) is 0 Å². The average molecular weight is 594 g/mol. The molecule has 1 aromatic heterocycles. The molecule has 0 unspecified atom stereocenters. The Balaban J connectivity index is 1.54. The van der Waals surface area contributed by atoms with E-state index in [0.29, 0.717) is 10.7 Å². The van der Waals surface area contributed by atoms with E-state index in [-0.39, 0.29) is 12.2 Å². The standard InChI is InChI=1S/C30H30N2O6Se/c1-35-23-12-8-21(9-13-23)30(20-6-4-3-5-7-20,22-10-14-24(36-2)15-11-22)37-19-26-25(33)18-28(38-26)32-17-16-27(34)31-29(32)39/h3-17,25-26,28,33H,18-19H2,1-2H3,(H,31,34,39)/t25-,26+,28+/m0/s1. The molecule has 1 aliphatic rings. The summed E-state index contributed by atoms with van der Waals surface area (Å²) in [5.41, 5.74) is 1.47. The third-order valence-corrected chi connectivity index (χ3v) is 7.66. The molecule has 3 aromatic carbocycles. The minimum absolute atomic E-state index is 0.108. The van der Waals surface area contributed by atoms with Crippen LogP contribution >= 0.6 is 0 Å². The molecule has 0 spiro atoms. The maximum absolute atomic E-state index is 11.7. The summed E-state index contributed by atoms with van der Waals surface area (Å²) in [5, 5.41) is 11.0. The quantitative estimate of drug-likeness (QED) is 0.228. The van der Waals surface area contributed by atoms with Gasteiger partial charge >= 0.3 is 211 Å². The molecule has 0 amide bonds.